The molecule has 0 heteroatoms. The van der Waals surface area contributed by atoms with E-state index in [1.165, 1.54) is 109 Å². The van der Waals surface area contributed by atoms with Crippen LogP contribution in [0.4, 0.5) is 0 Å². The minimum atomic E-state index is 0.00606. The van der Waals surface area contributed by atoms with Crippen molar-refractivity contribution in [3.05, 3.63) is 181 Å². The smallest absolute Gasteiger partial charge is 0.00921 e. The number of hydrogen-bond acceptors (Lipinski definition) is 0. The Labute approximate surface area is 330 Å². The predicted octanol–water partition coefficient (Wildman–Crippen LogP) is 16.2. The van der Waals surface area contributed by atoms with Crippen LogP contribution < -0.4 is 0 Å². The zero-order chi connectivity index (χ0) is 38.3. The molecule has 10 aromatic rings. The Kier molecular flexibility index (Phi) is 7.74. The van der Waals surface area contributed by atoms with Gasteiger partial charge in [0, 0.05) is 0 Å². The number of fused-ring (bicyclic) bond motifs is 8. The van der Waals surface area contributed by atoms with E-state index < -0.39 is 0 Å². The topological polar surface area (TPSA) is 0 Å². The van der Waals surface area contributed by atoms with Crippen LogP contribution in [0.2, 0.25) is 0 Å². The summed E-state index contributed by atoms with van der Waals surface area (Å²) < 4.78 is 0. The van der Waals surface area contributed by atoms with Gasteiger partial charge in [-0.2, -0.15) is 0 Å². The van der Waals surface area contributed by atoms with E-state index in [-0.39, 0.29) is 10.8 Å². The lowest BCUT2D eigenvalue weighted by atomic mass is 9.80. The first-order valence-electron chi connectivity index (χ1n) is 20.0. The van der Waals surface area contributed by atoms with E-state index in [0.717, 1.165) is 0 Å². The second-order valence-electron chi connectivity index (χ2n) is 17.8. The van der Waals surface area contributed by atoms with E-state index >= 15 is 0 Å². The third kappa shape index (κ3) is 5.75. The molecular formula is C56H46. The van der Waals surface area contributed by atoms with Gasteiger partial charge in [0.2, 0.25) is 0 Å². The van der Waals surface area contributed by atoms with Crippen molar-refractivity contribution in [2.75, 3.05) is 0 Å². The second-order valence-corrected chi connectivity index (χ2v) is 17.8. The largest absolute Gasteiger partial charge is 0.0616 e. The molecule has 0 nitrogen and oxygen atoms in total. The Morgan fingerprint density at radius 1 is 0.250 bits per heavy atom. The quantitative estimate of drug-likeness (QED) is 0.160. The van der Waals surface area contributed by atoms with Crippen LogP contribution in [0.15, 0.2) is 170 Å². The van der Waals surface area contributed by atoms with Gasteiger partial charge < -0.3 is 0 Å². The van der Waals surface area contributed by atoms with E-state index in [1.807, 2.05) is 0 Å². The Bertz CT molecular complexity index is 3200. The maximum Gasteiger partial charge on any atom is -0.00921 e. The molecule has 56 heavy (non-hydrogen) atoms. The predicted molar refractivity (Wildman–Crippen MR) is 245 cm³/mol. The third-order valence-electron chi connectivity index (χ3n) is 12.1. The summed E-state index contributed by atoms with van der Waals surface area (Å²) in [4.78, 5) is 0. The van der Waals surface area contributed by atoms with Crippen molar-refractivity contribution in [1.82, 2.24) is 0 Å². The molecule has 0 unspecified atom stereocenters. The van der Waals surface area contributed by atoms with Crippen LogP contribution in [0.5, 0.6) is 0 Å². The van der Waals surface area contributed by atoms with Crippen molar-refractivity contribution in [3.63, 3.8) is 0 Å². The molecule has 0 aliphatic heterocycles. The van der Waals surface area contributed by atoms with E-state index in [2.05, 4.69) is 211 Å². The van der Waals surface area contributed by atoms with Gasteiger partial charge in [0.05, 0.1) is 0 Å². The fraction of sp³-hybridized carbons (Fsp3) is 0.143. The average molecular weight is 719 g/mol. The molecule has 0 amide bonds. The fourth-order valence-corrected chi connectivity index (χ4v) is 8.86. The minimum Gasteiger partial charge on any atom is -0.0616 e. The lowest BCUT2D eigenvalue weighted by Crippen LogP contribution is -2.12. The van der Waals surface area contributed by atoms with Gasteiger partial charge in [-0.05, 0) is 156 Å². The molecule has 0 aliphatic rings. The van der Waals surface area contributed by atoms with Crippen molar-refractivity contribution in [1.29, 1.82) is 0 Å². The molecule has 270 valence electrons. The molecule has 0 bridgehead atoms. The first kappa shape index (κ1) is 34.3. The molecule has 0 saturated carbocycles. The Morgan fingerprint density at radius 2 is 0.696 bits per heavy atom. The monoisotopic (exact) mass is 718 g/mol. The highest BCUT2D eigenvalue weighted by molar-refractivity contribution is 6.24. The molecule has 0 aromatic heterocycles. The summed E-state index contributed by atoms with van der Waals surface area (Å²) in [7, 11) is 0. The summed E-state index contributed by atoms with van der Waals surface area (Å²) in [6, 6.07) is 64.4. The lowest BCUT2D eigenvalue weighted by molar-refractivity contribution is 0.589. The highest BCUT2D eigenvalue weighted by Crippen LogP contribution is 2.45. The highest BCUT2D eigenvalue weighted by atomic mass is 14.3. The summed E-state index contributed by atoms with van der Waals surface area (Å²) in [5.41, 5.74) is 10.3. The van der Waals surface area contributed by atoms with E-state index in [1.54, 1.807) is 0 Å². The van der Waals surface area contributed by atoms with E-state index in [4.69, 9.17) is 0 Å². The zero-order valence-electron chi connectivity index (χ0n) is 33.2. The minimum absolute atomic E-state index is 0.00606. The lowest BCUT2D eigenvalue weighted by Gasteiger charge is -2.24. The van der Waals surface area contributed by atoms with Crippen molar-refractivity contribution < 1.29 is 0 Å². The Balaban J connectivity index is 1.33. The summed E-state index contributed by atoms with van der Waals surface area (Å²) in [6.45, 7) is 13.9. The van der Waals surface area contributed by atoms with Crippen LogP contribution >= 0.6 is 0 Å². The van der Waals surface area contributed by atoms with Gasteiger partial charge in [0.15, 0.2) is 0 Å². The summed E-state index contributed by atoms with van der Waals surface area (Å²) in [5.74, 6) is 0. The summed E-state index contributed by atoms with van der Waals surface area (Å²) in [5, 5.41) is 15.3. The van der Waals surface area contributed by atoms with Crippen molar-refractivity contribution >= 4 is 64.6 Å². The molecule has 0 atom stereocenters. The van der Waals surface area contributed by atoms with Crippen molar-refractivity contribution in [3.8, 4) is 33.4 Å². The molecule has 0 aliphatic carbocycles. The first-order chi connectivity index (χ1) is 27.0. The van der Waals surface area contributed by atoms with Gasteiger partial charge in [-0.15, -0.1) is 0 Å². The summed E-state index contributed by atoms with van der Waals surface area (Å²) in [6.07, 6.45) is 0. The van der Waals surface area contributed by atoms with Crippen LogP contribution in [0.25, 0.3) is 98.0 Å². The summed E-state index contributed by atoms with van der Waals surface area (Å²) >= 11 is 0. The van der Waals surface area contributed by atoms with Crippen LogP contribution in [0.1, 0.15) is 52.7 Å². The third-order valence-corrected chi connectivity index (χ3v) is 12.1. The van der Waals surface area contributed by atoms with E-state index in [9.17, 15) is 0 Å². The number of rotatable bonds is 3. The number of hydrogen-bond donors (Lipinski definition) is 0. The highest BCUT2D eigenvalue weighted by Gasteiger charge is 2.21. The molecule has 0 fully saturated rings. The molecule has 0 heterocycles. The molecule has 10 rings (SSSR count). The van der Waals surface area contributed by atoms with Gasteiger partial charge in [0.1, 0.15) is 0 Å². The van der Waals surface area contributed by atoms with Gasteiger partial charge in [0.25, 0.3) is 0 Å². The van der Waals surface area contributed by atoms with E-state index in [0.29, 0.717) is 0 Å². The zero-order valence-corrected chi connectivity index (χ0v) is 33.2. The fourth-order valence-electron chi connectivity index (χ4n) is 8.86. The maximum absolute atomic E-state index is 2.49. The first-order valence-corrected chi connectivity index (χ1v) is 20.0. The second kappa shape index (κ2) is 12.7. The molecule has 0 saturated heterocycles. The molecular weight excluding hydrogens is 673 g/mol. The van der Waals surface area contributed by atoms with Gasteiger partial charge in [-0.1, -0.05) is 175 Å². The normalized spacial score (nSPS) is 12.5. The van der Waals surface area contributed by atoms with Crippen LogP contribution in [0.3, 0.4) is 0 Å². The molecule has 10 aromatic carbocycles. The van der Waals surface area contributed by atoms with Gasteiger partial charge >= 0.3 is 0 Å². The van der Waals surface area contributed by atoms with Gasteiger partial charge in [-0.3, -0.25) is 0 Å². The molecule has 0 spiro atoms. The average Bonchev–Trinajstić information content (AvgIpc) is 3.21. The Morgan fingerprint density at radius 3 is 1.30 bits per heavy atom. The molecule has 0 radical (unpaired) electrons. The van der Waals surface area contributed by atoms with Crippen LogP contribution in [-0.2, 0) is 10.8 Å². The van der Waals surface area contributed by atoms with Crippen molar-refractivity contribution in [2.24, 2.45) is 0 Å². The van der Waals surface area contributed by atoms with Gasteiger partial charge in [-0.25, -0.2) is 0 Å². The molecule has 0 N–H and O–H groups in total. The Hall–Kier alpha value is -6.24. The SMILES string of the molecule is CC(C)(C)c1cc(-c2ccc3c(-c4ccc5ccccc5c4)cc4c5ccccc5c(-c5ccc6ccccc6c5)cc4c3c2)c2cc(C(C)(C)C)ccc2c1. The number of benzene rings is 10. The van der Waals surface area contributed by atoms with Crippen molar-refractivity contribution in [2.45, 2.75) is 52.4 Å². The van der Waals surface area contributed by atoms with Crippen LogP contribution in [-0.4, -0.2) is 0 Å². The maximum atomic E-state index is 2.49. The standard InChI is InChI=1S/C56H46/c1-55(2,3)43-25-23-41-29-44(56(4,5)6)32-49(48(41)31-43)42-24-26-47-51(40-22-20-36-14-8-10-16-38(36)28-40)33-53-46-18-12-11-17-45(46)50(34-54(53)52(47)30-42)39-21-19-35-13-7-9-15-37(35)27-39/h7-34H,1-6H3. The van der Waals surface area contributed by atoms with Crippen LogP contribution in [0, 0.1) is 0 Å².